The summed E-state index contributed by atoms with van der Waals surface area (Å²) < 4.78 is 5.55. The highest BCUT2D eigenvalue weighted by molar-refractivity contribution is 5.79. The third-order valence-electron chi connectivity index (χ3n) is 3.03. The lowest BCUT2D eigenvalue weighted by atomic mass is 10.0. The molecule has 1 aliphatic heterocycles. The van der Waals surface area contributed by atoms with Crippen LogP contribution < -0.4 is 0 Å². The molecule has 0 aromatic rings. The molecule has 0 spiro atoms. The van der Waals surface area contributed by atoms with Gasteiger partial charge in [0.25, 0.3) is 0 Å². The first-order valence-corrected chi connectivity index (χ1v) is 6.08. The molecule has 1 heterocycles. The molecule has 0 radical (unpaired) electrons. The summed E-state index contributed by atoms with van der Waals surface area (Å²) in [5.74, 6) is 0.400. The average molecular weight is 228 g/mol. The molecule has 94 valence electrons. The number of ether oxygens (including phenoxy) is 1. The molecule has 4 nitrogen and oxygen atoms in total. The summed E-state index contributed by atoms with van der Waals surface area (Å²) in [4.78, 5) is 15.7. The lowest BCUT2D eigenvalue weighted by Crippen LogP contribution is -2.42. The van der Waals surface area contributed by atoms with Crippen LogP contribution in [0.1, 0.15) is 19.8 Å². The first kappa shape index (κ1) is 13.6. The number of ketones is 1. The van der Waals surface area contributed by atoms with E-state index in [9.17, 15) is 4.79 Å². The van der Waals surface area contributed by atoms with Gasteiger partial charge in [0.1, 0.15) is 5.78 Å². The molecular weight excluding hydrogens is 204 g/mol. The predicted octanol–water partition coefficient (Wildman–Crippen LogP) is 0.618. The van der Waals surface area contributed by atoms with Gasteiger partial charge in [0, 0.05) is 38.5 Å². The number of carbonyl (C=O) groups excluding carboxylic acids is 1. The zero-order valence-corrected chi connectivity index (χ0v) is 10.7. The Morgan fingerprint density at radius 3 is 2.81 bits per heavy atom. The number of hydrogen-bond donors (Lipinski definition) is 0. The van der Waals surface area contributed by atoms with E-state index in [4.69, 9.17) is 4.74 Å². The third-order valence-corrected chi connectivity index (χ3v) is 3.03. The van der Waals surface area contributed by atoms with Crippen molar-refractivity contribution in [1.29, 1.82) is 0 Å². The standard InChI is InChI=1S/C12H24N2O2/c1-11-10-12(15)4-5-14(11)7-9-16-8-6-13(2)3/h11H,4-10H2,1-3H3. The molecule has 4 heteroatoms. The van der Waals surface area contributed by atoms with Crippen molar-refractivity contribution in [2.75, 3.05) is 46.9 Å². The topological polar surface area (TPSA) is 32.8 Å². The van der Waals surface area contributed by atoms with Crippen LogP contribution in [0.3, 0.4) is 0 Å². The second-order valence-electron chi connectivity index (χ2n) is 4.79. The van der Waals surface area contributed by atoms with Crippen LogP contribution in [0, 0.1) is 0 Å². The van der Waals surface area contributed by atoms with Crippen molar-refractivity contribution in [3.63, 3.8) is 0 Å². The molecule has 0 aromatic carbocycles. The van der Waals surface area contributed by atoms with Gasteiger partial charge in [-0.15, -0.1) is 0 Å². The highest BCUT2D eigenvalue weighted by Crippen LogP contribution is 2.12. The highest BCUT2D eigenvalue weighted by Gasteiger charge is 2.22. The van der Waals surface area contributed by atoms with E-state index < -0.39 is 0 Å². The maximum absolute atomic E-state index is 11.2. The van der Waals surface area contributed by atoms with E-state index in [-0.39, 0.29) is 0 Å². The van der Waals surface area contributed by atoms with Crippen molar-refractivity contribution in [1.82, 2.24) is 9.80 Å². The third kappa shape index (κ3) is 5.05. The lowest BCUT2D eigenvalue weighted by molar-refractivity contribution is -0.123. The number of carbonyl (C=O) groups is 1. The highest BCUT2D eigenvalue weighted by atomic mass is 16.5. The Morgan fingerprint density at radius 2 is 2.19 bits per heavy atom. The molecule has 1 unspecified atom stereocenters. The average Bonchev–Trinajstić information content (AvgIpc) is 2.20. The molecule has 0 N–H and O–H groups in total. The van der Waals surface area contributed by atoms with Gasteiger partial charge >= 0.3 is 0 Å². The molecule has 1 atom stereocenters. The SMILES string of the molecule is CC1CC(=O)CCN1CCOCCN(C)C. The summed E-state index contributed by atoms with van der Waals surface area (Å²) >= 11 is 0. The monoisotopic (exact) mass is 228 g/mol. The molecule has 1 rings (SSSR count). The van der Waals surface area contributed by atoms with Crippen molar-refractivity contribution in [2.45, 2.75) is 25.8 Å². The van der Waals surface area contributed by atoms with Crippen LogP contribution >= 0.6 is 0 Å². The van der Waals surface area contributed by atoms with Gasteiger partial charge in [0.05, 0.1) is 13.2 Å². The Balaban J connectivity index is 2.06. The lowest BCUT2D eigenvalue weighted by Gasteiger charge is -2.32. The van der Waals surface area contributed by atoms with E-state index in [0.29, 0.717) is 24.7 Å². The van der Waals surface area contributed by atoms with Gasteiger partial charge in [-0.3, -0.25) is 9.69 Å². The zero-order chi connectivity index (χ0) is 12.0. The summed E-state index contributed by atoms with van der Waals surface area (Å²) in [6.45, 7) is 6.49. The first-order chi connectivity index (χ1) is 7.59. The molecular formula is C12H24N2O2. The Kier molecular flexibility index (Phi) is 5.95. The van der Waals surface area contributed by atoms with Crippen molar-refractivity contribution in [3.05, 3.63) is 0 Å². The summed E-state index contributed by atoms with van der Waals surface area (Å²) in [7, 11) is 4.09. The number of nitrogens with zero attached hydrogens (tertiary/aromatic N) is 2. The Bertz CT molecular complexity index is 219. The van der Waals surface area contributed by atoms with E-state index in [1.54, 1.807) is 0 Å². The number of likely N-dealkylation sites (tertiary alicyclic amines) is 1. The molecule has 1 saturated heterocycles. The van der Waals surface area contributed by atoms with Gasteiger partial charge in [-0.2, -0.15) is 0 Å². The number of hydrogen-bond acceptors (Lipinski definition) is 4. The Labute approximate surface area is 98.5 Å². The quantitative estimate of drug-likeness (QED) is 0.624. The van der Waals surface area contributed by atoms with Crippen LogP contribution in [0.2, 0.25) is 0 Å². The van der Waals surface area contributed by atoms with Gasteiger partial charge in [-0.1, -0.05) is 0 Å². The molecule has 0 bridgehead atoms. The predicted molar refractivity (Wildman–Crippen MR) is 64.6 cm³/mol. The number of rotatable bonds is 6. The van der Waals surface area contributed by atoms with Crippen LogP contribution in [0.25, 0.3) is 0 Å². The fraction of sp³-hybridized carbons (Fsp3) is 0.917. The van der Waals surface area contributed by atoms with E-state index in [2.05, 4.69) is 16.7 Å². The van der Waals surface area contributed by atoms with Crippen LogP contribution in [0.15, 0.2) is 0 Å². The minimum Gasteiger partial charge on any atom is -0.379 e. The minimum atomic E-state index is 0.388. The van der Waals surface area contributed by atoms with Gasteiger partial charge < -0.3 is 9.64 Å². The molecule has 1 fully saturated rings. The largest absolute Gasteiger partial charge is 0.379 e. The van der Waals surface area contributed by atoms with E-state index in [0.717, 1.165) is 32.8 Å². The smallest absolute Gasteiger partial charge is 0.135 e. The van der Waals surface area contributed by atoms with E-state index in [1.807, 2.05) is 14.1 Å². The maximum Gasteiger partial charge on any atom is 0.135 e. The Hall–Kier alpha value is -0.450. The van der Waals surface area contributed by atoms with E-state index >= 15 is 0 Å². The van der Waals surface area contributed by atoms with Crippen molar-refractivity contribution in [2.24, 2.45) is 0 Å². The fourth-order valence-electron chi connectivity index (χ4n) is 1.91. The fourth-order valence-corrected chi connectivity index (χ4v) is 1.91. The summed E-state index contributed by atoms with van der Waals surface area (Å²) in [6.07, 6.45) is 1.42. The molecule has 0 amide bonds. The Morgan fingerprint density at radius 1 is 1.44 bits per heavy atom. The molecule has 0 aliphatic carbocycles. The van der Waals surface area contributed by atoms with Crippen LogP contribution in [-0.2, 0) is 9.53 Å². The molecule has 16 heavy (non-hydrogen) atoms. The summed E-state index contributed by atoms with van der Waals surface area (Å²) in [5.41, 5.74) is 0. The van der Waals surface area contributed by atoms with Crippen LogP contribution in [0.4, 0.5) is 0 Å². The molecule has 0 aromatic heterocycles. The maximum atomic E-state index is 11.2. The van der Waals surface area contributed by atoms with Crippen LogP contribution in [-0.4, -0.2) is 68.6 Å². The van der Waals surface area contributed by atoms with Crippen LogP contribution in [0.5, 0.6) is 0 Å². The van der Waals surface area contributed by atoms with Crippen molar-refractivity contribution < 1.29 is 9.53 Å². The van der Waals surface area contributed by atoms with Gasteiger partial charge in [-0.25, -0.2) is 0 Å². The summed E-state index contributed by atoms with van der Waals surface area (Å²) in [6, 6.07) is 0.388. The van der Waals surface area contributed by atoms with Gasteiger partial charge in [0.2, 0.25) is 0 Å². The first-order valence-electron chi connectivity index (χ1n) is 6.08. The molecule has 1 aliphatic rings. The van der Waals surface area contributed by atoms with Crippen molar-refractivity contribution in [3.8, 4) is 0 Å². The number of likely N-dealkylation sites (N-methyl/N-ethyl adjacent to an activating group) is 1. The second-order valence-corrected chi connectivity index (χ2v) is 4.79. The minimum absolute atomic E-state index is 0.388. The zero-order valence-electron chi connectivity index (χ0n) is 10.7. The van der Waals surface area contributed by atoms with Crippen molar-refractivity contribution >= 4 is 5.78 Å². The number of piperidine rings is 1. The van der Waals surface area contributed by atoms with Gasteiger partial charge in [0.15, 0.2) is 0 Å². The van der Waals surface area contributed by atoms with E-state index in [1.165, 1.54) is 0 Å². The molecule has 0 saturated carbocycles. The second kappa shape index (κ2) is 6.99. The number of Topliss-reactive ketones (excluding diaryl/α,β-unsaturated/α-hetero) is 1. The van der Waals surface area contributed by atoms with Gasteiger partial charge in [-0.05, 0) is 21.0 Å². The normalized spacial score (nSPS) is 23.0. The summed E-state index contributed by atoms with van der Waals surface area (Å²) in [5, 5.41) is 0.